The summed E-state index contributed by atoms with van der Waals surface area (Å²) in [5, 5.41) is 3.79. The standard InChI is InChI=1S/C21H21ClN4O2/c1-14-5-4-10-26-19(27)12-16(24-20(14)26)13-23-18-11-15(22)6-7-17(18)21(28)25-8-2-3-9-25/h4-7,10-12,23H,2-3,8-9,13H2,1H3. The van der Waals surface area contributed by atoms with Crippen LogP contribution in [0.3, 0.4) is 0 Å². The minimum Gasteiger partial charge on any atom is -0.379 e. The van der Waals surface area contributed by atoms with Crippen molar-refractivity contribution in [2.75, 3.05) is 18.4 Å². The van der Waals surface area contributed by atoms with Gasteiger partial charge in [-0.2, -0.15) is 0 Å². The maximum Gasteiger partial charge on any atom is 0.258 e. The molecule has 3 aromatic rings. The largest absolute Gasteiger partial charge is 0.379 e. The van der Waals surface area contributed by atoms with Crippen LogP contribution in [0.15, 0.2) is 47.4 Å². The van der Waals surface area contributed by atoms with Gasteiger partial charge < -0.3 is 10.2 Å². The van der Waals surface area contributed by atoms with E-state index in [4.69, 9.17) is 11.6 Å². The Morgan fingerprint density at radius 1 is 1.21 bits per heavy atom. The van der Waals surface area contributed by atoms with Crippen LogP contribution in [0.5, 0.6) is 0 Å². The number of likely N-dealkylation sites (tertiary alicyclic amines) is 1. The Morgan fingerprint density at radius 2 is 2.00 bits per heavy atom. The number of pyridine rings is 1. The molecule has 0 bridgehead atoms. The smallest absolute Gasteiger partial charge is 0.258 e. The van der Waals surface area contributed by atoms with Crippen molar-refractivity contribution in [1.29, 1.82) is 0 Å². The third-order valence-electron chi connectivity index (χ3n) is 5.00. The van der Waals surface area contributed by atoms with E-state index in [1.165, 1.54) is 10.5 Å². The number of aromatic nitrogens is 2. The number of carbonyl (C=O) groups excluding carboxylic acids is 1. The fraction of sp³-hybridized carbons (Fsp3) is 0.286. The number of nitrogens with one attached hydrogen (secondary N) is 1. The molecule has 1 amide bonds. The average molecular weight is 397 g/mol. The summed E-state index contributed by atoms with van der Waals surface area (Å²) < 4.78 is 1.53. The Kier molecular flexibility index (Phi) is 5.05. The van der Waals surface area contributed by atoms with E-state index >= 15 is 0 Å². The Hall–Kier alpha value is -2.86. The summed E-state index contributed by atoms with van der Waals surface area (Å²) >= 11 is 6.15. The van der Waals surface area contributed by atoms with Crippen LogP contribution in [-0.4, -0.2) is 33.3 Å². The van der Waals surface area contributed by atoms with Crippen molar-refractivity contribution in [2.45, 2.75) is 26.3 Å². The second-order valence-corrected chi connectivity index (χ2v) is 7.45. The molecule has 0 saturated carbocycles. The van der Waals surface area contributed by atoms with Crippen LogP contribution >= 0.6 is 11.6 Å². The van der Waals surface area contributed by atoms with Gasteiger partial charge in [-0.05, 0) is 49.6 Å². The van der Waals surface area contributed by atoms with Gasteiger partial charge in [0.2, 0.25) is 0 Å². The van der Waals surface area contributed by atoms with Crippen LogP contribution in [0.4, 0.5) is 5.69 Å². The van der Waals surface area contributed by atoms with Crippen LogP contribution in [0, 0.1) is 6.92 Å². The lowest BCUT2D eigenvalue weighted by molar-refractivity contribution is 0.0793. The maximum absolute atomic E-state index is 12.8. The molecule has 1 fully saturated rings. The van der Waals surface area contributed by atoms with E-state index in [2.05, 4.69) is 10.3 Å². The second kappa shape index (κ2) is 7.64. The van der Waals surface area contributed by atoms with Crippen LogP contribution < -0.4 is 10.9 Å². The average Bonchev–Trinajstić information content (AvgIpc) is 3.22. The Balaban J connectivity index is 1.62. The van der Waals surface area contributed by atoms with Gasteiger partial charge in [-0.1, -0.05) is 17.7 Å². The van der Waals surface area contributed by atoms with Crippen molar-refractivity contribution < 1.29 is 4.79 Å². The zero-order valence-electron chi connectivity index (χ0n) is 15.6. The highest BCUT2D eigenvalue weighted by Crippen LogP contribution is 2.24. The highest BCUT2D eigenvalue weighted by Gasteiger charge is 2.22. The molecule has 7 heteroatoms. The third kappa shape index (κ3) is 3.60. The van der Waals surface area contributed by atoms with E-state index in [-0.39, 0.29) is 11.5 Å². The van der Waals surface area contributed by atoms with Gasteiger partial charge in [0.25, 0.3) is 11.5 Å². The summed E-state index contributed by atoms with van der Waals surface area (Å²) in [7, 11) is 0. The molecule has 2 aromatic heterocycles. The molecule has 0 atom stereocenters. The fourth-order valence-electron chi connectivity index (χ4n) is 3.52. The first-order valence-corrected chi connectivity index (χ1v) is 9.71. The van der Waals surface area contributed by atoms with E-state index < -0.39 is 0 Å². The minimum absolute atomic E-state index is 0.000879. The van der Waals surface area contributed by atoms with Gasteiger partial charge >= 0.3 is 0 Å². The molecule has 1 aliphatic heterocycles. The number of nitrogens with zero attached hydrogens (tertiary/aromatic N) is 3. The number of halogens is 1. The van der Waals surface area contributed by atoms with Crippen molar-refractivity contribution >= 4 is 28.8 Å². The lowest BCUT2D eigenvalue weighted by Gasteiger charge is -2.18. The van der Waals surface area contributed by atoms with Gasteiger partial charge in [0.15, 0.2) is 0 Å². The van der Waals surface area contributed by atoms with Crippen molar-refractivity contribution in [2.24, 2.45) is 0 Å². The van der Waals surface area contributed by atoms with E-state index in [1.807, 2.05) is 24.0 Å². The number of amides is 1. The predicted octanol–water partition coefficient (Wildman–Crippen LogP) is 3.50. The summed E-state index contributed by atoms with van der Waals surface area (Å²) in [6, 6.07) is 10.5. The SMILES string of the molecule is Cc1cccn2c(=O)cc(CNc3cc(Cl)ccc3C(=O)N3CCCC3)nc12. The van der Waals surface area contributed by atoms with Gasteiger partial charge in [-0.25, -0.2) is 4.98 Å². The number of hydrogen-bond donors (Lipinski definition) is 1. The maximum atomic E-state index is 12.8. The fourth-order valence-corrected chi connectivity index (χ4v) is 3.70. The summed E-state index contributed by atoms with van der Waals surface area (Å²) in [4.78, 5) is 31.7. The first-order chi connectivity index (χ1) is 13.5. The second-order valence-electron chi connectivity index (χ2n) is 7.01. The molecule has 1 aliphatic rings. The Bertz CT molecular complexity index is 1100. The molecular formula is C21H21ClN4O2. The number of anilines is 1. The molecule has 1 aromatic carbocycles. The van der Waals surface area contributed by atoms with Gasteiger partial charge in [0, 0.05) is 36.1 Å². The molecule has 0 radical (unpaired) electrons. The minimum atomic E-state index is -0.134. The number of fused-ring (bicyclic) bond motifs is 1. The number of rotatable bonds is 4. The third-order valence-corrected chi connectivity index (χ3v) is 5.24. The number of benzene rings is 1. The molecule has 0 unspecified atom stereocenters. The van der Waals surface area contributed by atoms with Crippen LogP contribution in [0.2, 0.25) is 5.02 Å². The van der Waals surface area contributed by atoms with E-state index in [0.29, 0.717) is 34.2 Å². The topological polar surface area (TPSA) is 66.7 Å². The van der Waals surface area contributed by atoms with E-state index in [0.717, 1.165) is 31.5 Å². The van der Waals surface area contributed by atoms with Gasteiger partial charge in [-0.15, -0.1) is 0 Å². The number of carbonyl (C=O) groups is 1. The van der Waals surface area contributed by atoms with Crippen molar-refractivity contribution in [3.05, 3.63) is 74.8 Å². The van der Waals surface area contributed by atoms with Crippen LogP contribution in [0.25, 0.3) is 5.65 Å². The lowest BCUT2D eigenvalue weighted by atomic mass is 10.1. The lowest BCUT2D eigenvalue weighted by Crippen LogP contribution is -2.28. The zero-order chi connectivity index (χ0) is 19.7. The molecule has 0 spiro atoms. The molecule has 3 heterocycles. The highest BCUT2D eigenvalue weighted by atomic mass is 35.5. The predicted molar refractivity (Wildman–Crippen MR) is 110 cm³/mol. The van der Waals surface area contributed by atoms with Crippen molar-refractivity contribution in [3.63, 3.8) is 0 Å². The molecule has 28 heavy (non-hydrogen) atoms. The highest BCUT2D eigenvalue weighted by molar-refractivity contribution is 6.31. The first-order valence-electron chi connectivity index (χ1n) is 9.33. The Labute approximate surface area is 167 Å². The van der Waals surface area contributed by atoms with Crippen LogP contribution in [0.1, 0.15) is 34.5 Å². The quantitative estimate of drug-likeness (QED) is 0.732. The normalized spacial score (nSPS) is 13.9. The monoisotopic (exact) mass is 396 g/mol. The number of hydrogen-bond acceptors (Lipinski definition) is 4. The van der Waals surface area contributed by atoms with E-state index in [9.17, 15) is 9.59 Å². The summed E-state index contributed by atoms with van der Waals surface area (Å²) in [5.41, 5.74) is 3.26. The van der Waals surface area contributed by atoms with Gasteiger partial charge in [0.1, 0.15) is 5.65 Å². The summed E-state index contributed by atoms with van der Waals surface area (Å²) in [6.07, 6.45) is 3.78. The van der Waals surface area contributed by atoms with Crippen molar-refractivity contribution in [1.82, 2.24) is 14.3 Å². The molecular weight excluding hydrogens is 376 g/mol. The molecule has 4 rings (SSSR count). The Morgan fingerprint density at radius 3 is 2.79 bits per heavy atom. The summed E-state index contributed by atoms with van der Waals surface area (Å²) in [6.45, 7) is 3.80. The van der Waals surface area contributed by atoms with E-state index in [1.54, 1.807) is 24.4 Å². The zero-order valence-corrected chi connectivity index (χ0v) is 16.4. The molecule has 1 saturated heterocycles. The number of aryl methyl sites for hydroxylation is 1. The van der Waals surface area contributed by atoms with Gasteiger partial charge in [0.05, 0.1) is 17.8 Å². The molecule has 1 N–H and O–H groups in total. The molecule has 144 valence electrons. The van der Waals surface area contributed by atoms with Crippen LogP contribution in [-0.2, 0) is 6.54 Å². The van der Waals surface area contributed by atoms with Gasteiger partial charge in [-0.3, -0.25) is 14.0 Å². The first kappa shape index (κ1) is 18.5. The molecule has 6 nitrogen and oxygen atoms in total. The van der Waals surface area contributed by atoms with Crippen molar-refractivity contribution in [3.8, 4) is 0 Å². The molecule has 0 aliphatic carbocycles. The summed E-state index contributed by atoms with van der Waals surface area (Å²) in [5.74, 6) is -0.000879.